The van der Waals surface area contributed by atoms with E-state index in [9.17, 15) is 9.18 Å². The van der Waals surface area contributed by atoms with Crippen LogP contribution in [0.2, 0.25) is 0 Å². The number of hydrogen-bond donors (Lipinski definition) is 0. The zero-order valence-corrected chi connectivity index (χ0v) is 10.7. The van der Waals surface area contributed by atoms with Gasteiger partial charge in [-0.3, -0.25) is 4.79 Å². The number of benzene rings is 1. The molecule has 2 nitrogen and oxygen atoms in total. The Labute approximate surface area is 106 Å². The quantitative estimate of drug-likeness (QED) is 0.767. The molecule has 0 bridgehead atoms. The molecular weight excluding hydrogens is 231 g/mol. The molecule has 96 valence electrons. The van der Waals surface area contributed by atoms with Crippen molar-refractivity contribution < 1.29 is 13.9 Å². The number of carbonyl (C=O) groups is 1. The molecule has 3 heteroatoms. The number of rotatable bonds is 3. The van der Waals surface area contributed by atoms with Crippen LogP contribution in [0.5, 0.6) is 0 Å². The fourth-order valence-corrected chi connectivity index (χ4v) is 2.35. The van der Waals surface area contributed by atoms with Crippen molar-refractivity contribution in [3.63, 3.8) is 0 Å². The molecule has 1 aliphatic carbocycles. The van der Waals surface area contributed by atoms with Gasteiger partial charge in [0, 0.05) is 0 Å². The van der Waals surface area contributed by atoms with Gasteiger partial charge in [0.1, 0.15) is 5.82 Å². The van der Waals surface area contributed by atoms with Gasteiger partial charge < -0.3 is 4.74 Å². The Morgan fingerprint density at radius 3 is 3.00 bits per heavy atom. The first-order valence-corrected chi connectivity index (χ1v) is 6.29. The molecule has 1 aliphatic rings. The summed E-state index contributed by atoms with van der Waals surface area (Å²) in [7, 11) is 0. The molecule has 1 aromatic rings. The molecule has 0 N–H and O–H groups in total. The topological polar surface area (TPSA) is 26.3 Å². The van der Waals surface area contributed by atoms with Crippen molar-refractivity contribution >= 4 is 11.5 Å². The summed E-state index contributed by atoms with van der Waals surface area (Å²) in [6, 6.07) is 4.75. The maximum atomic E-state index is 13.2. The van der Waals surface area contributed by atoms with Crippen molar-refractivity contribution in [1.82, 2.24) is 0 Å². The number of halogens is 1. The van der Waals surface area contributed by atoms with Crippen LogP contribution in [0.4, 0.5) is 4.39 Å². The summed E-state index contributed by atoms with van der Waals surface area (Å²) in [5.74, 6) is -0.742. The number of aryl methyl sites for hydroxylation is 1. The third kappa shape index (κ3) is 2.45. The number of fused-ring (bicyclic) bond motifs is 1. The van der Waals surface area contributed by atoms with Crippen LogP contribution in [-0.2, 0) is 16.0 Å². The normalized spacial score (nSPS) is 15.6. The molecular formula is C15H17FO2. The lowest BCUT2D eigenvalue weighted by molar-refractivity contribution is -0.145. The molecule has 2 rings (SSSR count). The zero-order valence-electron chi connectivity index (χ0n) is 10.7. The Balaban J connectivity index is 2.30. The van der Waals surface area contributed by atoms with Gasteiger partial charge in [-0.15, -0.1) is 0 Å². The van der Waals surface area contributed by atoms with Crippen LogP contribution in [0.15, 0.2) is 24.3 Å². The minimum Gasteiger partial charge on any atom is -0.466 e. The lowest BCUT2D eigenvalue weighted by Crippen LogP contribution is -2.18. The van der Waals surface area contributed by atoms with Gasteiger partial charge in [0.05, 0.1) is 12.5 Å². The van der Waals surface area contributed by atoms with Crippen LogP contribution in [0.25, 0.3) is 5.57 Å². The van der Waals surface area contributed by atoms with Crippen LogP contribution in [0, 0.1) is 11.7 Å². The molecule has 0 amide bonds. The van der Waals surface area contributed by atoms with Crippen molar-refractivity contribution in [3.05, 3.63) is 41.2 Å². The summed E-state index contributed by atoms with van der Waals surface area (Å²) in [4.78, 5) is 11.8. The maximum Gasteiger partial charge on any atom is 0.313 e. The van der Waals surface area contributed by atoms with Crippen LogP contribution in [0.3, 0.4) is 0 Å². The lowest BCUT2D eigenvalue weighted by Gasteiger charge is -2.21. The second-order valence-electron chi connectivity index (χ2n) is 4.47. The highest BCUT2D eigenvalue weighted by molar-refractivity contribution is 5.89. The smallest absolute Gasteiger partial charge is 0.313 e. The van der Waals surface area contributed by atoms with Crippen molar-refractivity contribution in [3.8, 4) is 0 Å². The number of hydrogen-bond acceptors (Lipinski definition) is 2. The summed E-state index contributed by atoms with van der Waals surface area (Å²) >= 11 is 0. The number of esters is 1. The second-order valence-corrected chi connectivity index (χ2v) is 4.47. The highest BCUT2D eigenvalue weighted by atomic mass is 19.1. The molecule has 0 radical (unpaired) electrons. The van der Waals surface area contributed by atoms with E-state index in [0.717, 1.165) is 29.5 Å². The van der Waals surface area contributed by atoms with Gasteiger partial charge >= 0.3 is 5.97 Å². The Kier molecular flexibility index (Phi) is 3.80. The third-order valence-corrected chi connectivity index (χ3v) is 3.26. The first-order valence-electron chi connectivity index (χ1n) is 6.29. The van der Waals surface area contributed by atoms with Crippen LogP contribution in [-0.4, -0.2) is 12.6 Å². The molecule has 0 saturated heterocycles. The monoisotopic (exact) mass is 248 g/mol. The van der Waals surface area contributed by atoms with E-state index in [2.05, 4.69) is 6.08 Å². The minimum atomic E-state index is -0.297. The zero-order chi connectivity index (χ0) is 13.1. The average Bonchev–Trinajstić information content (AvgIpc) is 2.37. The molecule has 1 atom stereocenters. The Hall–Kier alpha value is -1.64. The largest absolute Gasteiger partial charge is 0.466 e. The minimum absolute atomic E-state index is 0.221. The number of carbonyl (C=O) groups excluding carboxylic acids is 1. The highest BCUT2D eigenvalue weighted by Crippen LogP contribution is 2.32. The summed E-state index contributed by atoms with van der Waals surface area (Å²) < 4.78 is 18.2. The summed E-state index contributed by atoms with van der Waals surface area (Å²) in [6.45, 7) is 4.01. The number of ether oxygens (including phenoxy) is 1. The first kappa shape index (κ1) is 12.8. The Morgan fingerprint density at radius 2 is 2.28 bits per heavy atom. The van der Waals surface area contributed by atoms with Gasteiger partial charge in [0.15, 0.2) is 0 Å². The number of allylic oxidation sites excluding steroid dienone is 1. The molecule has 0 fully saturated rings. The van der Waals surface area contributed by atoms with E-state index in [1.807, 2.05) is 6.92 Å². The predicted molar refractivity (Wildman–Crippen MR) is 68.5 cm³/mol. The van der Waals surface area contributed by atoms with E-state index in [4.69, 9.17) is 4.74 Å². The van der Waals surface area contributed by atoms with Crippen LogP contribution in [0.1, 0.15) is 31.4 Å². The lowest BCUT2D eigenvalue weighted by atomic mass is 9.84. The third-order valence-electron chi connectivity index (χ3n) is 3.26. The standard InChI is InChI=1S/C15H17FO2/c1-3-18-15(17)10(2)13-6-4-5-11-9-12(16)7-8-14(11)13/h6-10H,3-5H2,1-2H3. The van der Waals surface area contributed by atoms with E-state index in [1.54, 1.807) is 19.1 Å². The van der Waals surface area contributed by atoms with Gasteiger partial charge in [0.25, 0.3) is 0 Å². The van der Waals surface area contributed by atoms with Crippen molar-refractivity contribution in [2.75, 3.05) is 6.61 Å². The van der Waals surface area contributed by atoms with E-state index in [-0.39, 0.29) is 17.7 Å². The molecule has 0 aromatic heterocycles. The molecule has 0 heterocycles. The summed E-state index contributed by atoms with van der Waals surface area (Å²) in [6.07, 6.45) is 3.73. The molecule has 0 saturated carbocycles. The first-order chi connectivity index (χ1) is 8.63. The van der Waals surface area contributed by atoms with E-state index in [1.165, 1.54) is 6.07 Å². The highest BCUT2D eigenvalue weighted by Gasteiger charge is 2.24. The van der Waals surface area contributed by atoms with Crippen molar-refractivity contribution in [1.29, 1.82) is 0 Å². The van der Waals surface area contributed by atoms with Crippen molar-refractivity contribution in [2.24, 2.45) is 5.92 Å². The second kappa shape index (κ2) is 5.34. The fourth-order valence-electron chi connectivity index (χ4n) is 2.35. The SMILES string of the molecule is CCOC(=O)C(C)C1=CCCc2cc(F)ccc21. The molecule has 0 aliphatic heterocycles. The predicted octanol–water partition coefficient (Wildman–Crippen LogP) is 3.35. The molecule has 1 aromatic carbocycles. The van der Waals surface area contributed by atoms with Gasteiger partial charge in [0.2, 0.25) is 0 Å². The van der Waals surface area contributed by atoms with Gasteiger partial charge in [-0.25, -0.2) is 4.39 Å². The fraction of sp³-hybridized carbons (Fsp3) is 0.400. The Bertz CT molecular complexity index is 491. The van der Waals surface area contributed by atoms with Gasteiger partial charge in [-0.05, 0) is 55.5 Å². The Morgan fingerprint density at radius 1 is 1.50 bits per heavy atom. The van der Waals surface area contributed by atoms with E-state index >= 15 is 0 Å². The molecule has 0 spiro atoms. The summed E-state index contributed by atoms with van der Waals surface area (Å²) in [5.41, 5.74) is 2.90. The van der Waals surface area contributed by atoms with Crippen molar-refractivity contribution in [2.45, 2.75) is 26.7 Å². The van der Waals surface area contributed by atoms with E-state index in [0.29, 0.717) is 6.61 Å². The van der Waals surface area contributed by atoms with Gasteiger partial charge in [-0.2, -0.15) is 0 Å². The van der Waals surface area contributed by atoms with Gasteiger partial charge in [-0.1, -0.05) is 12.1 Å². The molecule has 1 unspecified atom stereocenters. The van der Waals surface area contributed by atoms with E-state index < -0.39 is 0 Å². The maximum absolute atomic E-state index is 13.2. The molecule has 18 heavy (non-hydrogen) atoms. The van der Waals surface area contributed by atoms with Crippen LogP contribution >= 0.6 is 0 Å². The van der Waals surface area contributed by atoms with Crippen LogP contribution < -0.4 is 0 Å². The summed E-state index contributed by atoms with van der Waals surface area (Å²) in [5, 5.41) is 0. The average molecular weight is 248 g/mol.